The Labute approximate surface area is 123 Å². The van der Waals surface area contributed by atoms with E-state index in [1.165, 1.54) is 19.3 Å². The van der Waals surface area contributed by atoms with Crippen LogP contribution in [0.3, 0.4) is 0 Å². The van der Waals surface area contributed by atoms with Gasteiger partial charge in [0.2, 0.25) is 5.91 Å². The second kappa shape index (κ2) is 6.94. The van der Waals surface area contributed by atoms with Gasteiger partial charge in [0.15, 0.2) is 0 Å². The summed E-state index contributed by atoms with van der Waals surface area (Å²) in [5.41, 5.74) is 6.37. The van der Waals surface area contributed by atoms with Crippen LogP contribution in [0, 0.1) is 17.3 Å². The number of hydrogen-bond donors (Lipinski definition) is 2. The van der Waals surface area contributed by atoms with Crippen molar-refractivity contribution in [3.8, 4) is 0 Å². The van der Waals surface area contributed by atoms with Crippen LogP contribution >= 0.6 is 12.4 Å². The van der Waals surface area contributed by atoms with Crippen LogP contribution < -0.4 is 11.1 Å². The molecule has 1 amide bonds. The van der Waals surface area contributed by atoms with Gasteiger partial charge in [0, 0.05) is 18.5 Å². The number of halogens is 1. The fraction of sp³-hybridized carbons (Fsp3) is 0.933. The Morgan fingerprint density at radius 2 is 2.05 bits per heavy atom. The topological polar surface area (TPSA) is 55.1 Å². The quantitative estimate of drug-likeness (QED) is 0.817. The maximum absolute atomic E-state index is 12.1. The highest BCUT2D eigenvalue weighted by Crippen LogP contribution is 2.50. The number of amides is 1. The van der Waals surface area contributed by atoms with Gasteiger partial charge in [-0.1, -0.05) is 20.3 Å². The number of carbonyl (C=O) groups is 1. The number of rotatable bonds is 5. The van der Waals surface area contributed by atoms with E-state index in [1.54, 1.807) is 0 Å². The molecule has 2 aliphatic carbocycles. The third-order valence-corrected chi connectivity index (χ3v) is 4.52. The molecule has 2 fully saturated rings. The van der Waals surface area contributed by atoms with Crippen molar-refractivity contribution < 1.29 is 4.79 Å². The van der Waals surface area contributed by atoms with Gasteiger partial charge in [-0.15, -0.1) is 12.4 Å². The van der Waals surface area contributed by atoms with Crippen molar-refractivity contribution in [3.05, 3.63) is 0 Å². The van der Waals surface area contributed by atoms with Crippen molar-refractivity contribution in [2.75, 3.05) is 6.54 Å². The molecule has 0 radical (unpaired) electrons. The molecule has 0 bridgehead atoms. The number of nitrogens with one attached hydrogen (secondary N) is 1. The van der Waals surface area contributed by atoms with Gasteiger partial charge in [-0.05, 0) is 49.9 Å². The molecule has 2 saturated carbocycles. The highest BCUT2D eigenvalue weighted by atomic mass is 35.5. The van der Waals surface area contributed by atoms with Gasteiger partial charge < -0.3 is 11.1 Å². The molecule has 0 aromatic rings. The van der Waals surface area contributed by atoms with Crippen LogP contribution in [0.4, 0.5) is 0 Å². The summed E-state index contributed by atoms with van der Waals surface area (Å²) in [6.07, 6.45) is 7.92. The first kappa shape index (κ1) is 16.8. The van der Waals surface area contributed by atoms with E-state index in [0.717, 1.165) is 38.1 Å². The number of nitrogens with two attached hydrogens (primary N) is 1. The van der Waals surface area contributed by atoms with Gasteiger partial charge in [-0.3, -0.25) is 4.79 Å². The van der Waals surface area contributed by atoms with Crippen molar-refractivity contribution >= 4 is 18.3 Å². The summed E-state index contributed by atoms with van der Waals surface area (Å²) in [6, 6.07) is 0.236. The third kappa shape index (κ3) is 4.96. The van der Waals surface area contributed by atoms with Crippen molar-refractivity contribution in [2.24, 2.45) is 23.0 Å². The van der Waals surface area contributed by atoms with E-state index >= 15 is 0 Å². The van der Waals surface area contributed by atoms with E-state index in [0.29, 0.717) is 5.41 Å². The zero-order valence-electron chi connectivity index (χ0n) is 12.3. The average Bonchev–Trinajstić information content (AvgIpc) is 3.05. The summed E-state index contributed by atoms with van der Waals surface area (Å²) in [5, 5.41) is 3.19. The van der Waals surface area contributed by atoms with Gasteiger partial charge >= 0.3 is 0 Å². The standard InChI is InChI=1S/C15H28N2O.ClH/c1-11(2)9-15(6-7-15)10-17-14(18)12-4-3-5-13(16)8-12;/h11-13H,3-10,16H2,1-2H3,(H,17,18);1H. The molecule has 2 unspecified atom stereocenters. The molecule has 0 spiro atoms. The molecule has 19 heavy (non-hydrogen) atoms. The van der Waals surface area contributed by atoms with Crippen LogP contribution in [-0.4, -0.2) is 18.5 Å². The highest BCUT2D eigenvalue weighted by Gasteiger charge is 2.43. The predicted octanol–water partition coefficient (Wildman–Crippen LogP) is 2.87. The summed E-state index contributed by atoms with van der Waals surface area (Å²) in [4.78, 5) is 12.1. The molecule has 112 valence electrons. The van der Waals surface area contributed by atoms with Gasteiger partial charge in [-0.2, -0.15) is 0 Å². The van der Waals surface area contributed by atoms with Crippen molar-refractivity contribution in [3.63, 3.8) is 0 Å². The molecular weight excluding hydrogens is 260 g/mol. The summed E-state index contributed by atoms with van der Waals surface area (Å²) in [6.45, 7) is 5.42. The average molecular weight is 289 g/mol. The lowest BCUT2D eigenvalue weighted by molar-refractivity contribution is -0.126. The van der Waals surface area contributed by atoms with Crippen molar-refractivity contribution in [2.45, 2.75) is 64.8 Å². The first-order valence-corrected chi connectivity index (χ1v) is 7.54. The van der Waals surface area contributed by atoms with E-state index in [2.05, 4.69) is 19.2 Å². The third-order valence-electron chi connectivity index (χ3n) is 4.52. The van der Waals surface area contributed by atoms with E-state index in [9.17, 15) is 4.79 Å². The second-order valence-corrected chi connectivity index (χ2v) is 6.94. The van der Waals surface area contributed by atoms with E-state index in [1.807, 2.05) is 0 Å². The van der Waals surface area contributed by atoms with Crippen LogP contribution in [0.15, 0.2) is 0 Å². The SMILES string of the molecule is CC(C)CC1(CNC(=O)C2CCCC(N)C2)CC1.Cl. The minimum atomic E-state index is 0. The first-order valence-electron chi connectivity index (χ1n) is 7.54. The zero-order chi connectivity index (χ0) is 13.2. The monoisotopic (exact) mass is 288 g/mol. The Kier molecular flexibility index (Phi) is 6.13. The molecule has 2 aliphatic rings. The molecule has 0 heterocycles. The molecule has 0 aromatic heterocycles. The lowest BCUT2D eigenvalue weighted by Gasteiger charge is -2.27. The predicted molar refractivity (Wildman–Crippen MR) is 81.3 cm³/mol. The molecule has 0 aromatic carbocycles. The Balaban J connectivity index is 0.00000180. The van der Waals surface area contributed by atoms with E-state index in [-0.39, 0.29) is 30.3 Å². The summed E-state index contributed by atoms with van der Waals surface area (Å²) in [7, 11) is 0. The highest BCUT2D eigenvalue weighted by molar-refractivity contribution is 5.85. The number of carbonyl (C=O) groups excluding carboxylic acids is 1. The second-order valence-electron chi connectivity index (χ2n) is 6.94. The van der Waals surface area contributed by atoms with Crippen molar-refractivity contribution in [1.29, 1.82) is 0 Å². The van der Waals surface area contributed by atoms with Crippen LogP contribution in [0.1, 0.15) is 58.8 Å². The Morgan fingerprint density at radius 3 is 2.58 bits per heavy atom. The van der Waals surface area contributed by atoms with Gasteiger partial charge in [0.05, 0.1) is 0 Å². The maximum atomic E-state index is 12.1. The minimum Gasteiger partial charge on any atom is -0.355 e. The molecule has 2 rings (SSSR count). The van der Waals surface area contributed by atoms with Crippen LogP contribution in [0.2, 0.25) is 0 Å². The van der Waals surface area contributed by atoms with Crippen LogP contribution in [0.5, 0.6) is 0 Å². The van der Waals surface area contributed by atoms with Crippen LogP contribution in [-0.2, 0) is 4.79 Å². The summed E-state index contributed by atoms with van der Waals surface area (Å²) >= 11 is 0. The molecule has 3 N–H and O–H groups in total. The van der Waals surface area contributed by atoms with Gasteiger partial charge in [-0.25, -0.2) is 0 Å². The largest absolute Gasteiger partial charge is 0.355 e. The molecule has 2 atom stereocenters. The molecule has 0 aliphatic heterocycles. The Bertz CT molecular complexity index is 303. The van der Waals surface area contributed by atoms with E-state index in [4.69, 9.17) is 5.73 Å². The summed E-state index contributed by atoms with van der Waals surface area (Å²) < 4.78 is 0. The fourth-order valence-electron chi connectivity index (χ4n) is 3.38. The minimum absolute atomic E-state index is 0. The molecule has 0 saturated heterocycles. The Morgan fingerprint density at radius 1 is 1.37 bits per heavy atom. The molecule has 4 heteroatoms. The van der Waals surface area contributed by atoms with Gasteiger partial charge in [0.25, 0.3) is 0 Å². The molecular formula is C15H29ClN2O. The maximum Gasteiger partial charge on any atom is 0.223 e. The Hall–Kier alpha value is -0.280. The zero-order valence-corrected chi connectivity index (χ0v) is 13.1. The van der Waals surface area contributed by atoms with Crippen LogP contribution in [0.25, 0.3) is 0 Å². The molecule has 3 nitrogen and oxygen atoms in total. The normalized spacial score (nSPS) is 28.6. The lowest BCUT2D eigenvalue weighted by Crippen LogP contribution is -2.40. The smallest absolute Gasteiger partial charge is 0.223 e. The van der Waals surface area contributed by atoms with Gasteiger partial charge in [0.1, 0.15) is 0 Å². The summed E-state index contributed by atoms with van der Waals surface area (Å²) in [5.74, 6) is 1.15. The first-order chi connectivity index (χ1) is 8.51. The lowest BCUT2D eigenvalue weighted by atomic mass is 9.85. The fourth-order valence-corrected chi connectivity index (χ4v) is 3.38. The van der Waals surface area contributed by atoms with E-state index < -0.39 is 0 Å². The number of hydrogen-bond acceptors (Lipinski definition) is 2. The van der Waals surface area contributed by atoms with Crippen molar-refractivity contribution in [1.82, 2.24) is 5.32 Å².